The van der Waals surface area contributed by atoms with Crippen LogP contribution in [0.3, 0.4) is 0 Å². The number of rotatable bonds is 7. The molecule has 2 heteroatoms. The molecule has 0 spiro atoms. The Morgan fingerprint density at radius 1 is 1.22 bits per heavy atom. The molecule has 1 rings (SSSR count). The van der Waals surface area contributed by atoms with E-state index >= 15 is 0 Å². The lowest BCUT2D eigenvalue weighted by Crippen LogP contribution is -2.59. The summed E-state index contributed by atoms with van der Waals surface area (Å²) in [5.74, 6) is 6.23. The summed E-state index contributed by atoms with van der Waals surface area (Å²) in [6, 6.07) is 0.562. The fraction of sp³-hybridized carbons (Fsp3) is 0.875. The van der Waals surface area contributed by atoms with Crippen molar-refractivity contribution in [2.75, 3.05) is 20.1 Å². The van der Waals surface area contributed by atoms with Gasteiger partial charge in [0.05, 0.1) is 0 Å². The molecule has 1 aliphatic heterocycles. The van der Waals surface area contributed by atoms with Gasteiger partial charge in [-0.1, -0.05) is 13.8 Å². The molecule has 2 nitrogen and oxygen atoms in total. The Morgan fingerprint density at radius 3 is 2.28 bits per heavy atom. The van der Waals surface area contributed by atoms with Crippen molar-refractivity contribution in [2.45, 2.75) is 70.9 Å². The molecule has 0 aromatic heterocycles. The van der Waals surface area contributed by atoms with Crippen LogP contribution in [-0.2, 0) is 0 Å². The molecule has 0 aromatic rings. The summed E-state index contributed by atoms with van der Waals surface area (Å²) in [5, 5.41) is 3.57. The Balaban J connectivity index is 2.79. The Morgan fingerprint density at radius 2 is 1.83 bits per heavy atom. The maximum absolute atomic E-state index is 3.57. The lowest BCUT2D eigenvalue weighted by Gasteiger charge is -2.47. The van der Waals surface area contributed by atoms with E-state index in [4.69, 9.17) is 0 Å². The summed E-state index contributed by atoms with van der Waals surface area (Å²) in [6.07, 6.45) is 7.37. The van der Waals surface area contributed by atoms with Crippen molar-refractivity contribution in [1.29, 1.82) is 0 Å². The molecule has 0 amide bonds. The third kappa shape index (κ3) is 3.28. The molecule has 1 N–H and O–H groups in total. The highest BCUT2D eigenvalue weighted by Crippen LogP contribution is 2.33. The zero-order chi connectivity index (χ0) is 13.4. The second-order valence-corrected chi connectivity index (χ2v) is 5.31. The first-order valence-electron chi connectivity index (χ1n) is 7.57. The predicted molar refractivity (Wildman–Crippen MR) is 79.7 cm³/mol. The highest BCUT2D eigenvalue weighted by atomic mass is 15.2. The number of likely N-dealkylation sites (N-methyl/N-ethyl adjacent to an activating group) is 1. The van der Waals surface area contributed by atoms with Gasteiger partial charge in [0.2, 0.25) is 0 Å². The van der Waals surface area contributed by atoms with Gasteiger partial charge in [-0.05, 0) is 59.2 Å². The van der Waals surface area contributed by atoms with Crippen molar-refractivity contribution >= 4 is 0 Å². The normalized spacial score (nSPS) is 18.4. The Kier molecular flexibility index (Phi) is 6.75. The van der Waals surface area contributed by atoms with Gasteiger partial charge in [-0.15, -0.1) is 11.8 Å². The lowest BCUT2D eigenvalue weighted by molar-refractivity contribution is 0.0622. The molecule has 0 bridgehead atoms. The minimum absolute atomic E-state index is 0.334. The van der Waals surface area contributed by atoms with Crippen LogP contribution in [0.2, 0.25) is 0 Å². The average Bonchev–Trinajstić information content (AvgIpc) is 2.93. The molecule has 0 radical (unpaired) electrons. The van der Waals surface area contributed by atoms with Crippen molar-refractivity contribution in [3.63, 3.8) is 0 Å². The zero-order valence-corrected chi connectivity index (χ0v) is 12.7. The van der Waals surface area contributed by atoms with Crippen molar-refractivity contribution in [2.24, 2.45) is 0 Å². The van der Waals surface area contributed by atoms with Crippen molar-refractivity contribution in [3.05, 3.63) is 0 Å². The lowest BCUT2D eigenvalue weighted by atomic mass is 9.80. The Bertz CT molecular complexity index is 277. The molecular formula is C16H30N2. The minimum Gasteiger partial charge on any atom is -0.315 e. The van der Waals surface area contributed by atoms with Gasteiger partial charge in [0.15, 0.2) is 0 Å². The van der Waals surface area contributed by atoms with Gasteiger partial charge in [0.1, 0.15) is 0 Å². The zero-order valence-electron chi connectivity index (χ0n) is 12.7. The summed E-state index contributed by atoms with van der Waals surface area (Å²) < 4.78 is 0. The SMILES string of the molecule is CC#CCCC(NC)C(CC)(CC)N1CCCC1. The van der Waals surface area contributed by atoms with Crippen molar-refractivity contribution < 1.29 is 0 Å². The van der Waals surface area contributed by atoms with Crippen LogP contribution in [0.25, 0.3) is 0 Å². The number of hydrogen-bond acceptors (Lipinski definition) is 2. The van der Waals surface area contributed by atoms with Crippen LogP contribution in [0.5, 0.6) is 0 Å². The monoisotopic (exact) mass is 250 g/mol. The molecule has 1 aliphatic rings. The van der Waals surface area contributed by atoms with E-state index in [1.807, 2.05) is 6.92 Å². The van der Waals surface area contributed by atoms with Gasteiger partial charge in [-0.2, -0.15) is 0 Å². The Hall–Kier alpha value is -0.520. The second-order valence-electron chi connectivity index (χ2n) is 5.31. The molecule has 1 heterocycles. The van der Waals surface area contributed by atoms with Gasteiger partial charge in [-0.25, -0.2) is 0 Å². The summed E-state index contributed by atoms with van der Waals surface area (Å²) in [4.78, 5) is 2.73. The van der Waals surface area contributed by atoms with Crippen LogP contribution < -0.4 is 5.32 Å². The van der Waals surface area contributed by atoms with E-state index in [0.29, 0.717) is 11.6 Å². The fourth-order valence-electron chi connectivity index (χ4n) is 3.60. The van der Waals surface area contributed by atoms with E-state index in [9.17, 15) is 0 Å². The Labute approximate surface area is 114 Å². The van der Waals surface area contributed by atoms with Gasteiger partial charge in [0, 0.05) is 18.0 Å². The van der Waals surface area contributed by atoms with Crippen LogP contribution in [-0.4, -0.2) is 36.6 Å². The smallest absolute Gasteiger partial charge is 0.0357 e. The summed E-state index contributed by atoms with van der Waals surface area (Å²) >= 11 is 0. The van der Waals surface area contributed by atoms with Gasteiger partial charge >= 0.3 is 0 Å². The van der Waals surface area contributed by atoms with Gasteiger partial charge in [-0.3, -0.25) is 4.90 Å². The highest BCUT2D eigenvalue weighted by molar-refractivity contribution is 5.03. The van der Waals surface area contributed by atoms with E-state index in [1.54, 1.807) is 0 Å². The van der Waals surface area contributed by atoms with E-state index < -0.39 is 0 Å². The van der Waals surface area contributed by atoms with Crippen molar-refractivity contribution in [3.8, 4) is 11.8 Å². The van der Waals surface area contributed by atoms with Gasteiger partial charge < -0.3 is 5.32 Å². The first kappa shape index (κ1) is 15.5. The van der Waals surface area contributed by atoms with Crippen LogP contribution in [0, 0.1) is 11.8 Å². The van der Waals surface area contributed by atoms with Gasteiger partial charge in [0.25, 0.3) is 0 Å². The summed E-state index contributed by atoms with van der Waals surface area (Å²) in [7, 11) is 2.11. The third-order valence-electron chi connectivity index (χ3n) is 4.69. The van der Waals surface area contributed by atoms with E-state index in [-0.39, 0.29) is 0 Å². The van der Waals surface area contributed by atoms with E-state index in [2.05, 4.69) is 43.0 Å². The summed E-state index contributed by atoms with van der Waals surface area (Å²) in [5.41, 5.74) is 0.334. The van der Waals surface area contributed by atoms with Crippen LogP contribution in [0.4, 0.5) is 0 Å². The number of hydrogen-bond donors (Lipinski definition) is 1. The molecule has 1 saturated heterocycles. The molecule has 1 unspecified atom stereocenters. The average molecular weight is 250 g/mol. The fourth-order valence-corrected chi connectivity index (χ4v) is 3.60. The molecule has 1 fully saturated rings. The first-order chi connectivity index (χ1) is 8.75. The number of likely N-dealkylation sites (tertiary alicyclic amines) is 1. The highest BCUT2D eigenvalue weighted by Gasteiger charge is 2.40. The molecular weight excluding hydrogens is 220 g/mol. The maximum atomic E-state index is 3.57. The molecule has 0 aromatic carbocycles. The minimum atomic E-state index is 0.334. The topological polar surface area (TPSA) is 15.3 Å². The quantitative estimate of drug-likeness (QED) is 0.699. The second kappa shape index (κ2) is 7.81. The summed E-state index contributed by atoms with van der Waals surface area (Å²) in [6.45, 7) is 9.18. The maximum Gasteiger partial charge on any atom is 0.0357 e. The molecule has 104 valence electrons. The van der Waals surface area contributed by atoms with E-state index in [0.717, 1.165) is 12.8 Å². The predicted octanol–water partition coefficient (Wildman–Crippen LogP) is 3.03. The standard InChI is InChI=1S/C16H30N2/c1-5-8-9-12-15(17-4)16(6-2,7-3)18-13-10-11-14-18/h15,17H,6-7,9-14H2,1-4H3. The molecule has 1 atom stereocenters. The number of nitrogens with one attached hydrogen (secondary N) is 1. The third-order valence-corrected chi connectivity index (χ3v) is 4.69. The van der Waals surface area contributed by atoms with Crippen LogP contribution in [0.1, 0.15) is 59.3 Å². The number of nitrogens with zero attached hydrogens (tertiary/aromatic N) is 1. The molecule has 0 aliphatic carbocycles. The largest absolute Gasteiger partial charge is 0.315 e. The first-order valence-corrected chi connectivity index (χ1v) is 7.57. The molecule has 0 saturated carbocycles. The molecule has 18 heavy (non-hydrogen) atoms. The van der Waals surface area contributed by atoms with Crippen LogP contribution >= 0.6 is 0 Å². The van der Waals surface area contributed by atoms with Crippen molar-refractivity contribution in [1.82, 2.24) is 10.2 Å². The van der Waals surface area contributed by atoms with Crippen LogP contribution in [0.15, 0.2) is 0 Å². The van der Waals surface area contributed by atoms with E-state index in [1.165, 1.54) is 38.8 Å².